The zero-order valence-corrected chi connectivity index (χ0v) is 13.1. The van der Waals surface area contributed by atoms with E-state index in [1.54, 1.807) is 24.3 Å². The monoisotopic (exact) mass is 313 g/mol. The van der Waals surface area contributed by atoms with Crippen LogP contribution in [0.25, 0.3) is 0 Å². The van der Waals surface area contributed by atoms with Gasteiger partial charge in [-0.05, 0) is 43.2 Å². The number of ether oxygens (including phenoxy) is 1. The van der Waals surface area contributed by atoms with E-state index in [-0.39, 0.29) is 11.3 Å². The van der Waals surface area contributed by atoms with Crippen LogP contribution >= 0.6 is 0 Å². The van der Waals surface area contributed by atoms with Crippen LogP contribution in [0.1, 0.15) is 29.8 Å². The molecule has 0 aliphatic rings. The molecule has 0 aliphatic heterocycles. The number of hydrogen-bond donors (Lipinski definition) is 2. The number of aromatic hydroxyl groups is 1. The fourth-order valence-electron chi connectivity index (χ4n) is 1.99. The first-order chi connectivity index (χ1) is 11.0. The van der Waals surface area contributed by atoms with Crippen molar-refractivity contribution in [3.05, 3.63) is 59.7 Å². The SMILES string of the molecule is CCc1ccc(NC(=O)[C@H](C)OC(=O)c2ccccc2O)cc1. The standard InChI is InChI=1S/C18H19NO4/c1-3-13-8-10-14(11-9-13)19-17(21)12(2)23-18(22)15-6-4-5-7-16(15)20/h4-12,20H,3H2,1-2H3,(H,19,21)/t12-/m0/s1. The molecule has 0 aliphatic carbocycles. The molecule has 0 spiro atoms. The Balaban J connectivity index is 1.96. The van der Waals surface area contributed by atoms with E-state index in [9.17, 15) is 14.7 Å². The zero-order chi connectivity index (χ0) is 16.8. The summed E-state index contributed by atoms with van der Waals surface area (Å²) in [6, 6.07) is 13.5. The molecular formula is C18H19NO4. The maximum atomic E-state index is 12.1. The minimum Gasteiger partial charge on any atom is -0.507 e. The van der Waals surface area contributed by atoms with Crippen LogP contribution in [0.2, 0.25) is 0 Å². The van der Waals surface area contributed by atoms with Crippen LogP contribution < -0.4 is 5.32 Å². The molecule has 1 atom stereocenters. The van der Waals surface area contributed by atoms with E-state index in [2.05, 4.69) is 5.32 Å². The third kappa shape index (κ3) is 4.32. The van der Waals surface area contributed by atoms with E-state index < -0.39 is 18.0 Å². The first kappa shape index (κ1) is 16.5. The van der Waals surface area contributed by atoms with Gasteiger partial charge in [0, 0.05) is 5.69 Å². The predicted molar refractivity (Wildman–Crippen MR) is 87.4 cm³/mol. The maximum absolute atomic E-state index is 12.1. The molecule has 1 amide bonds. The Kier molecular flexibility index (Phi) is 5.36. The third-order valence-corrected chi connectivity index (χ3v) is 3.41. The van der Waals surface area contributed by atoms with Crippen LogP contribution in [0.3, 0.4) is 0 Å². The van der Waals surface area contributed by atoms with Crippen LogP contribution in [0, 0.1) is 0 Å². The fraction of sp³-hybridized carbons (Fsp3) is 0.222. The number of phenols is 1. The Bertz CT molecular complexity index is 694. The van der Waals surface area contributed by atoms with Gasteiger partial charge in [-0.3, -0.25) is 4.79 Å². The van der Waals surface area contributed by atoms with E-state index in [4.69, 9.17) is 4.74 Å². The number of rotatable bonds is 5. The highest BCUT2D eigenvalue weighted by Crippen LogP contribution is 2.17. The lowest BCUT2D eigenvalue weighted by atomic mass is 10.1. The number of phenolic OH excluding ortho intramolecular Hbond substituents is 1. The number of benzene rings is 2. The summed E-state index contributed by atoms with van der Waals surface area (Å²) in [7, 11) is 0. The number of carbonyl (C=O) groups excluding carboxylic acids is 2. The van der Waals surface area contributed by atoms with E-state index in [0.717, 1.165) is 6.42 Å². The summed E-state index contributed by atoms with van der Waals surface area (Å²) in [5.41, 5.74) is 1.83. The average Bonchev–Trinajstić information content (AvgIpc) is 2.55. The van der Waals surface area contributed by atoms with Gasteiger partial charge in [0.2, 0.25) is 0 Å². The van der Waals surface area contributed by atoms with Crippen molar-refractivity contribution in [3.8, 4) is 5.75 Å². The lowest BCUT2D eigenvalue weighted by Gasteiger charge is -2.14. The van der Waals surface area contributed by atoms with Crippen molar-refractivity contribution < 1.29 is 19.4 Å². The largest absolute Gasteiger partial charge is 0.507 e. The molecule has 120 valence electrons. The summed E-state index contributed by atoms with van der Waals surface area (Å²) in [4.78, 5) is 24.0. The number of para-hydroxylation sites is 1. The summed E-state index contributed by atoms with van der Waals surface area (Å²) >= 11 is 0. The summed E-state index contributed by atoms with van der Waals surface area (Å²) in [5.74, 6) is -1.36. The number of carbonyl (C=O) groups is 2. The van der Waals surface area contributed by atoms with Gasteiger partial charge in [-0.15, -0.1) is 0 Å². The van der Waals surface area contributed by atoms with Crippen molar-refractivity contribution in [2.45, 2.75) is 26.4 Å². The number of hydrogen-bond acceptors (Lipinski definition) is 4. The first-order valence-corrected chi connectivity index (χ1v) is 7.40. The molecule has 23 heavy (non-hydrogen) atoms. The van der Waals surface area contributed by atoms with Gasteiger partial charge in [-0.25, -0.2) is 4.79 Å². The number of aryl methyl sites for hydroxylation is 1. The molecule has 0 unspecified atom stereocenters. The highest BCUT2D eigenvalue weighted by Gasteiger charge is 2.20. The molecule has 0 heterocycles. The number of nitrogens with one attached hydrogen (secondary N) is 1. The lowest BCUT2D eigenvalue weighted by molar-refractivity contribution is -0.123. The van der Waals surface area contributed by atoms with Crippen LogP contribution in [-0.2, 0) is 16.0 Å². The normalized spacial score (nSPS) is 11.6. The Morgan fingerprint density at radius 3 is 2.39 bits per heavy atom. The second kappa shape index (κ2) is 7.45. The topological polar surface area (TPSA) is 75.6 Å². The van der Waals surface area contributed by atoms with E-state index in [1.807, 2.05) is 19.1 Å². The molecule has 0 saturated carbocycles. The van der Waals surface area contributed by atoms with E-state index in [1.165, 1.54) is 24.6 Å². The number of esters is 1. The Morgan fingerprint density at radius 2 is 1.78 bits per heavy atom. The molecule has 5 heteroatoms. The van der Waals surface area contributed by atoms with Crippen molar-refractivity contribution in [3.63, 3.8) is 0 Å². The van der Waals surface area contributed by atoms with Crippen LogP contribution in [0.4, 0.5) is 5.69 Å². The molecule has 0 radical (unpaired) electrons. The minimum absolute atomic E-state index is 0.0273. The van der Waals surface area contributed by atoms with Crippen molar-refractivity contribution >= 4 is 17.6 Å². The third-order valence-electron chi connectivity index (χ3n) is 3.41. The molecule has 2 rings (SSSR count). The quantitative estimate of drug-likeness (QED) is 0.832. The summed E-state index contributed by atoms with van der Waals surface area (Å²) < 4.78 is 5.09. The number of amides is 1. The van der Waals surface area contributed by atoms with E-state index >= 15 is 0 Å². The van der Waals surface area contributed by atoms with Crippen molar-refractivity contribution in [2.75, 3.05) is 5.32 Å². The summed E-state index contributed by atoms with van der Waals surface area (Å²) in [6.45, 7) is 3.53. The van der Waals surface area contributed by atoms with Crippen molar-refractivity contribution in [1.29, 1.82) is 0 Å². The van der Waals surface area contributed by atoms with Gasteiger partial charge in [-0.2, -0.15) is 0 Å². The van der Waals surface area contributed by atoms with Crippen molar-refractivity contribution in [1.82, 2.24) is 0 Å². The van der Waals surface area contributed by atoms with Crippen molar-refractivity contribution in [2.24, 2.45) is 0 Å². The minimum atomic E-state index is -0.979. The molecule has 0 bridgehead atoms. The maximum Gasteiger partial charge on any atom is 0.342 e. The highest BCUT2D eigenvalue weighted by atomic mass is 16.5. The Morgan fingerprint density at radius 1 is 1.13 bits per heavy atom. The van der Waals surface area contributed by atoms with Gasteiger partial charge < -0.3 is 15.2 Å². The second-order valence-corrected chi connectivity index (χ2v) is 5.10. The molecule has 0 aromatic heterocycles. The van der Waals surface area contributed by atoms with Crippen LogP contribution in [0.5, 0.6) is 5.75 Å². The second-order valence-electron chi connectivity index (χ2n) is 5.10. The molecule has 2 aromatic carbocycles. The Labute approximate surface area is 134 Å². The van der Waals surface area contributed by atoms with Gasteiger partial charge in [0.05, 0.1) is 0 Å². The summed E-state index contributed by atoms with van der Waals surface area (Å²) in [5, 5.41) is 12.3. The average molecular weight is 313 g/mol. The molecule has 0 saturated heterocycles. The van der Waals surface area contributed by atoms with Crippen LogP contribution in [-0.4, -0.2) is 23.1 Å². The summed E-state index contributed by atoms with van der Waals surface area (Å²) in [6.07, 6.45) is -0.0593. The smallest absolute Gasteiger partial charge is 0.342 e. The zero-order valence-electron chi connectivity index (χ0n) is 13.1. The van der Waals surface area contributed by atoms with Gasteiger partial charge in [0.1, 0.15) is 11.3 Å². The molecule has 2 aromatic rings. The fourth-order valence-corrected chi connectivity index (χ4v) is 1.99. The van der Waals surface area contributed by atoms with Gasteiger partial charge in [0.15, 0.2) is 6.10 Å². The van der Waals surface area contributed by atoms with Gasteiger partial charge in [-0.1, -0.05) is 31.2 Å². The Hall–Kier alpha value is -2.82. The molecular weight excluding hydrogens is 294 g/mol. The molecule has 0 fully saturated rings. The van der Waals surface area contributed by atoms with E-state index in [0.29, 0.717) is 5.69 Å². The highest BCUT2D eigenvalue weighted by molar-refractivity contribution is 5.98. The van der Waals surface area contributed by atoms with Gasteiger partial charge >= 0.3 is 5.97 Å². The van der Waals surface area contributed by atoms with Gasteiger partial charge in [0.25, 0.3) is 5.91 Å². The lowest BCUT2D eigenvalue weighted by Crippen LogP contribution is -2.30. The number of anilines is 1. The first-order valence-electron chi connectivity index (χ1n) is 7.40. The predicted octanol–water partition coefficient (Wildman–Crippen LogP) is 3.14. The van der Waals surface area contributed by atoms with Crippen LogP contribution in [0.15, 0.2) is 48.5 Å². The molecule has 5 nitrogen and oxygen atoms in total. The molecule has 2 N–H and O–H groups in total.